The third-order valence-electron chi connectivity index (χ3n) is 5.18. The fourth-order valence-corrected chi connectivity index (χ4v) is 2.87. The third kappa shape index (κ3) is 7.77. The van der Waals surface area contributed by atoms with Crippen molar-refractivity contribution in [2.24, 2.45) is 0 Å². The molecule has 0 atom stereocenters. The number of amides is 2. The number of alkyl halides is 4. The Labute approximate surface area is 216 Å². The highest BCUT2D eigenvalue weighted by Crippen LogP contribution is 2.36. The monoisotopic (exact) mass is 540 g/mol. The summed E-state index contributed by atoms with van der Waals surface area (Å²) < 4.78 is 67.5. The molecule has 2 rings (SSSR count). The summed E-state index contributed by atoms with van der Waals surface area (Å²) in [6, 6.07) is 8.86. The Kier molecular flexibility index (Phi) is 10.8. The van der Waals surface area contributed by atoms with Crippen LogP contribution in [0.15, 0.2) is 48.5 Å². The number of unbranched alkanes of at least 4 members (excludes halogenated alkanes) is 2. The lowest BCUT2D eigenvalue weighted by molar-refractivity contribution is -0.204. The van der Waals surface area contributed by atoms with Gasteiger partial charge in [-0.15, -0.1) is 0 Å². The molecule has 8 nitrogen and oxygen atoms in total. The standard InChI is InChI=1S/C26H28F4N2O6/c1-3-5-15-37-21(33)17-7-11-19(12-8-17)31-23(35)25(27,28)26(29,30)24(36)32-20-13-9-18(10-14-20)22(34)38-16-6-4-2/h7-14H,3-6,15-16H2,1-2H3,(H,31,35)(H,32,36). The lowest BCUT2D eigenvalue weighted by Crippen LogP contribution is -2.56. The number of esters is 2. The number of hydrogen-bond acceptors (Lipinski definition) is 6. The van der Waals surface area contributed by atoms with Crippen LogP contribution in [-0.4, -0.2) is 48.8 Å². The van der Waals surface area contributed by atoms with Gasteiger partial charge in [0, 0.05) is 11.4 Å². The van der Waals surface area contributed by atoms with Crippen LogP contribution in [-0.2, 0) is 19.1 Å². The van der Waals surface area contributed by atoms with Gasteiger partial charge in [0.1, 0.15) is 0 Å². The van der Waals surface area contributed by atoms with Gasteiger partial charge in [-0.05, 0) is 61.4 Å². The molecule has 0 radical (unpaired) electrons. The second-order valence-corrected chi connectivity index (χ2v) is 8.19. The quantitative estimate of drug-likeness (QED) is 0.199. The van der Waals surface area contributed by atoms with E-state index in [2.05, 4.69) is 0 Å². The summed E-state index contributed by atoms with van der Waals surface area (Å²) in [6.45, 7) is 4.18. The topological polar surface area (TPSA) is 111 Å². The van der Waals surface area contributed by atoms with Crippen molar-refractivity contribution in [1.29, 1.82) is 0 Å². The summed E-state index contributed by atoms with van der Waals surface area (Å²) in [6.07, 6.45) is 2.90. The maximum absolute atomic E-state index is 14.4. The summed E-state index contributed by atoms with van der Waals surface area (Å²) in [7, 11) is 0. The summed E-state index contributed by atoms with van der Waals surface area (Å²) >= 11 is 0. The van der Waals surface area contributed by atoms with Gasteiger partial charge in [-0.3, -0.25) is 9.59 Å². The molecule has 0 aliphatic rings. The molecule has 0 aliphatic heterocycles. The first-order chi connectivity index (χ1) is 17.9. The number of benzene rings is 2. The van der Waals surface area contributed by atoms with E-state index in [1.807, 2.05) is 13.8 Å². The second kappa shape index (κ2) is 13.5. The molecule has 0 heterocycles. The van der Waals surface area contributed by atoms with Crippen LogP contribution in [0.5, 0.6) is 0 Å². The number of rotatable bonds is 13. The van der Waals surface area contributed by atoms with Crippen LogP contribution in [0.1, 0.15) is 60.2 Å². The number of halogens is 4. The van der Waals surface area contributed by atoms with Crippen molar-refractivity contribution in [2.75, 3.05) is 23.8 Å². The van der Waals surface area contributed by atoms with Gasteiger partial charge >= 0.3 is 35.6 Å². The Hall–Kier alpha value is -3.96. The predicted octanol–water partition coefficient (Wildman–Crippen LogP) is 5.45. The predicted molar refractivity (Wildman–Crippen MR) is 130 cm³/mol. The molecule has 2 aromatic rings. The first-order valence-corrected chi connectivity index (χ1v) is 11.9. The van der Waals surface area contributed by atoms with Gasteiger partial charge in [0.25, 0.3) is 0 Å². The molecule has 0 aromatic heterocycles. The molecular weight excluding hydrogens is 512 g/mol. The molecule has 0 saturated carbocycles. The molecule has 0 aliphatic carbocycles. The van der Waals surface area contributed by atoms with E-state index in [-0.39, 0.29) is 35.7 Å². The summed E-state index contributed by atoms with van der Waals surface area (Å²) in [5, 5.41) is 3.23. The SMILES string of the molecule is CCCCOC(=O)c1ccc(NC(=O)C(F)(F)C(F)(F)C(=O)Nc2ccc(C(=O)OCCCC)cc2)cc1. The first-order valence-electron chi connectivity index (χ1n) is 11.9. The summed E-state index contributed by atoms with van der Waals surface area (Å²) in [5.41, 5.74) is -0.485. The fraction of sp³-hybridized carbons (Fsp3) is 0.385. The van der Waals surface area contributed by atoms with Gasteiger partial charge in [0.15, 0.2) is 0 Å². The normalized spacial score (nSPS) is 11.4. The molecule has 2 aromatic carbocycles. The van der Waals surface area contributed by atoms with Gasteiger partial charge < -0.3 is 20.1 Å². The second-order valence-electron chi connectivity index (χ2n) is 8.19. The van der Waals surface area contributed by atoms with Crippen molar-refractivity contribution in [1.82, 2.24) is 0 Å². The van der Waals surface area contributed by atoms with Crippen molar-refractivity contribution in [2.45, 2.75) is 51.4 Å². The number of hydrogen-bond donors (Lipinski definition) is 2. The number of carbonyl (C=O) groups excluding carboxylic acids is 4. The van der Waals surface area contributed by atoms with Gasteiger partial charge in [0.2, 0.25) is 0 Å². The molecule has 0 bridgehead atoms. The zero-order valence-electron chi connectivity index (χ0n) is 20.8. The molecule has 0 fully saturated rings. The Morgan fingerprint density at radius 3 is 1.24 bits per heavy atom. The Bertz CT molecular complexity index is 1030. The largest absolute Gasteiger partial charge is 0.462 e. The van der Waals surface area contributed by atoms with Crippen molar-refractivity contribution in [3.63, 3.8) is 0 Å². The van der Waals surface area contributed by atoms with E-state index in [4.69, 9.17) is 9.47 Å². The van der Waals surface area contributed by atoms with E-state index in [1.54, 1.807) is 10.6 Å². The fourth-order valence-electron chi connectivity index (χ4n) is 2.87. The smallest absolute Gasteiger partial charge is 0.396 e. The van der Waals surface area contributed by atoms with Crippen molar-refractivity contribution in [3.05, 3.63) is 59.7 Å². The van der Waals surface area contributed by atoms with Gasteiger partial charge in [-0.25, -0.2) is 9.59 Å². The van der Waals surface area contributed by atoms with Gasteiger partial charge in [0.05, 0.1) is 24.3 Å². The van der Waals surface area contributed by atoms with Crippen LogP contribution in [0.3, 0.4) is 0 Å². The van der Waals surface area contributed by atoms with Crippen LogP contribution in [0.4, 0.5) is 28.9 Å². The van der Waals surface area contributed by atoms with Crippen LogP contribution in [0, 0.1) is 0 Å². The lowest BCUT2D eigenvalue weighted by atomic mass is 10.1. The average Bonchev–Trinajstić information content (AvgIpc) is 2.89. The number of nitrogens with one attached hydrogen (secondary N) is 2. The molecule has 2 N–H and O–H groups in total. The van der Waals surface area contributed by atoms with E-state index in [0.717, 1.165) is 61.4 Å². The van der Waals surface area contributed by atoms with Crippen molar-refractivity contribution >= 4 is 35.1 Å². The van der Waals surface area contributed by atoms with E-state index in [1.165, 1.54) is 0 Å². The average molecular weight is 541 g/mol. The molecule has 0 spiro atoms. The van der Waals surface area contributed by atoms with Crippen LogP contribution < -0.4 is 10.6 Å². The van der Waals surface area contributed by atoms with E-state index >= 15 is 0 Å². The maximum atomic E-state index is 14.4. The summed E-state index contributed by atoms with van der Waals surface area (Å²) in [5.74, 6) is -17.1. The van der Waals surface area contributed by atoms with E-state index in [0.29, 0.717) is 12.8 Å². The number of anilines is 2. The minimum atomic E-state index is -5.43. The number of carbonyl (C=O) groups is 4. The molecule has 38 heavy (non-hydrogen) atoms. The zero-order valence-corrected chi connectivity index (χ0v) is 20.8. The third-order valence-corrected chi connectivity index (χ3v) is 5.18. The Morgan fingerprint density at radius 1 is 0.632 bits per heavy atom. The Balaban J connectivity index is 2.02. The van der Waals surface area contributed by atoms with Crippen LogP contribution >= 0.6 is 0 Å². The lowest BCUT2D eigenvalue weighted by Gasteiger charge is -2.24. The van der Waals surface area contributed by atoms with Crippen molar-refractivity contribution < 1.29 is 46.2 Å². The van der Waals surface area contributed by atoms with Gasteiger partial charge in [-0.2, -0.15) is 17.6 Å². The van der Waals surface area contributed by atoms with E-state index in [9.17, 15) is 36.7 Å². The molecule has 12 heteroatoms. The van der Waals surface area contributed by atoms with Gasteiger partial charge in [-0.1, -0.05) is 26.7 Å². The zero-order chi connectivity index (χ0) is 28.3. The van der Waals surface area contributed by atoms with E-state index < -0.39 is 35.6 Å². The highest BCUT2D eigenvalue weighted by atomic mass is 19.3. The Morgan fingerprint density at radius 2 is 0.947 bits per heavy atom. The first kappa shape index (κ1) is 30.3. The molecule has 0 saturated heterocycles. The maximum Gasteiger partial charge on any atom is 0.396 e. The highest BCUT2D eigenvalue weighted by molar-refractivity contribution is 6.05. The summed E-state index contributed by atoms with van der Waals surface area (Å²) in [4.78, 5) is 47.7. The minimum Gasteiger partial charge on any atom is -0.462 e. The molecule has 2 amide bonds. The highest BCUT2D eigenvalue weighted by Gasteiger charge is 2.67. The van der Waals surface area contributed by atoms with Crippen LogP contribution in [0.25, 0.3) is 0 Å². The molecule has 0 unspecified atom stereocenters. The van der Waals surface area contributed by atoms with Crippen molar-refractivity contribution in [3.8, 4) is 0 Å². The molecular formula is C26H28F4N2O6. The van der Waals surface area contributed by atoms with Crippen LogP contribution in [0.2, 0.25) is 0 Å². The molecule has 206 valence electrons. The minimum absolute atomic E-state index is 0.0656. The number of ether oxygens (including phenoxy) is 2.